The van der Waals surface area contributed by atoms with Crippen LogP contribution in [0.5, 0.6) is 0 Å². The molecular formula is C15H18N2O3S. The first-order valence-electron chi connectivity index (χ1n) is 6.67. The minimum atomic E-state index is -1.03. The Morgan fingerprint density at radius 1 is 1.43 bits per heavy atom. The summed E-state index contributed by atoms with van der Waals surface area (Å²) in [5.41, 5.74) is 1.10. The predicted octanol–water partition coefficient (Wildman–Crippen LogP) is 2.15. The Balaban J connectivity index is 2.16. The van der Waals surface area contributed by atoms with Crippen LogP contribution in [0.3, 0.4) is 0 Å². The molecule has 2 heterocycles. The molecule has 1 aliphatic rings. The van der Waals surface area contributed by atoms with Gasteiger partial charge in [-0.3, -0.25) is 9.78 Å². The Hall–Kier alpha value is -1.82. The fourth-order valence-corrected chi connectivity index (χ4v) is 3.32. The van der Waals surface area contributed by atoms with Crippen LogP contribution < -0.4 is 0 Å². The van der Waals surface area contributed by atoms with Crippen LogP contribution in [0.1, 0.15) is 29.8 Å². The maximum absolute atomic E-state index is 12.5. The first-order valence-corrected chi connectivity index (χ1v) is 7.65. The van der Waals surface area contributed by atoms with Crippen LogP contribution in [-0.2, 0) is 4.79 Å². The van der Waals surface area contributed by atoms with Gasteiger partial charge in [-0.15, -0.1) is 0 Å². The van der Waals surface area contributed by atoms with Crippen LogP contribution in [-0.4, -0.2) is 50.5 Å². The van der Waals surface area contributed by atoms with Crippen molar-refractivity contribution in [3.8, 4) is 0 Å². The summed E-state index contributed by atoms with van der Waals surface area (Å²) in [6.07, 6.45) is 5.52. The molecule has 0 radical (unpaired) electrons. The van der Waals surface area contributed by atoms with Gasteiger partial charge in [-0.05, 0) is 31.6 Å². The second-order valence-corrected chi connectivity index (χ2v) is 7.32. The standard InChI is InChI=1S/C15H18N2O3S/c1-15(2)10-17(5-6-21-15)14(20)12-7-11(8-16-9-12)3-4-13(18)19/h3-4,7-9H,5-6,10H2,1-2H3,(H,18,19)/b4-3+. The van der Waals surface area contributed by atoms with Gasteiger partial charge in [-0.1, -0.05) is 0 Å². The molecule has 0 aliphatic carbocycles. The van der Waals surface area contributed by atoms with E-state index in [1.807, 2.05) is 16.7 Å². The van der Waals surface area contributed by atoms with Gasteiger partial charge in [0.2, 0.25) is 0 Å². The molecule has 1 fully saturated rings. The smallest absolute Gasteiger partial charge is 0.328 e. The summed E-state index contributed by atoms with van der Waals surface area (Å²) in [4.78, 5) is 28.9. The minimum Gasteiger partial charge on any atom is -0.478 e. The van der Waals surface area contributed by atoms with Gasteiger partial charge in [-0.2, -0.15) is 11.8 Å². The molecule has 112 valence electrons. The van der Waals surface area contributed by atoms with Crippen molar-refractivity contribution in [3.63, 3.8) is 0 Å². The Morgan fingerprint density at radius 3 is 2.86 bits per heavy atom. The molecule has 1 N–H and O–H groups in total. The third-order valence-electron chi connectivity index (χ3n) is 3.14. The van der Waals surface area contributed by atoms with Crippen LogP contribution in [0, 0.1) is 0 Å². The van der Waals surface area contributed by atoms with Crippen molar-refractivity contribution in [2.45, 2.75) is 18.6 Å². The highest BCUT2D eigenvalue weighted by Gasteiger charge is 2.30. The fraction of sp³-hybridized carbons (Fsp3) is 0.400. The van der Waals surface area contributed by atoms with Gasteiger partial charge in [0, 0.05) is 42.1 Å². The SMILES string of the molecule is CC1(C)CN(C(=O)c2cncc(/C=C/C(=O)O)c2)CCS1. The van der Waals surface area contributed by atoms with Crippen molar-refractivity contribution >= 4 is 29.7 Å². The molecule has 0 unspecified atom stereocenters. The number of carbonyl (C=O) groups is 2. The van der Waals surface area contributed by atoms with Crippen molar-refractivity contribution in [2.24, 2.45) is 0 Å². The summed E-state index contributed by atoms with van der Waals surface area (Å²) in [6, 6.07) is 1.67. The van der Waals surface area contributed by atoms with E-state index in [0.29, 0.717) is 17.7 Å². The largest absolute Gasteiger partial charge is 0.478 e. The van der Waals surface area contributed by atoms with E-state index in [1.165, 1.54) is 18.5 Å². The Labute approximate surface area is 128 Å². The van der Waals surface area contributed by atoms with Crippen LogP contribution in [0.15, 0.2) is 24.5 Å². The highest BCUT2D eigenvalue weighted by atomic mass is 32.2. The van der Waals surface area contributed by atoms with Crippen molar-refractivity contribution in [2.75, 3.05) is 18.8 Å². The van der Waals surface area contributed by atoms with Crippen LogP contribution in [0.25, 0.3) is 6.08 Å². The number of rotatable bonds is 3. The van der Waals surface area contributed by atoms with Crippen LogP contribution >= 0.6 is 11.8 Å². The molecule has 1 aliphatic heterocycles. The lowest BCUT2D eigenvalue weighted by atomic mass is 10.1. The van der Waals surface area contributed by atoms with Gasteiger partial charge in [0.05, 0.1) is 5.56 Å². The molecule has 1 amide bonds. The second kappa shape index (κ2) is 6.30. The summed E-state index contributed by atoms with van der Waals surface area (Å²) >= 11 is 1.87. The maximum Gasteiger partial charge on any atom is 0.328 e. The van der Waals surface area contributed by atoms with Crippen LogP contribution in [0.2, 0.25) is 0 Å². The molecule has 5 nitrogen and oxygen atoms in total. The monoisotopic (exact) mass is 306 g/mol. The highest BCUT2D eigenvalue weighted by molar-refractivity contribution is 8.00. The lowest BCUT2D eigenvalue weighted by Gasteiger charge is -2.37. The zero-order valence-corrected chi connectivity index (χ0v) is 12.9. The van der Waals surface area contributed by atoms with E-state index in [2.05, 4.69) is 18.8 Å². The van der Waals surface area contributed by atoms with Crippen molar-refractivity contribution < 1.29 is 14.7 Å². The Kier molecular flexibility index (Phi) is 4.67. The van der Waals surface area contributed by atoms with E-state index in [1.54, 1.807) is 6.07 Å². The topological polar surface area (TPSA) is 70.5 Å². The number of carbonyl (C=O) groups excluding carboxylic acids is 1. The number of nitrogens with zero attached hydrogens (tertiary/aromatic N) is 2. The molecule has 0 saturated carbocycles. The number of thioether (sulfide) groups is 1. The van der Waals surface area contributed by atoms with E-state index in [9.17, 15) is 9.59 Å². The number of aliphatic carboxylic acids is 1. The van der Waals surface area contributed by atoms with E-state index in [0.717, 1.165) is 18.4 Å². The number of aromatic nitrogens is 1. The molecular weight excluding hydrogens is 288 g/mol. The summed E-state index contributed by atoms with van der Waals surface area (Å²) < 4.78 is 0.0577. The second-order valence-electron chi connectivity index (χ2n) is 5.51. The summed E-state index contributed by atoms with van der Waals surface area (Å²) in [6.45, 7) is 5.68. The summed E-state index contributed by atoms with van der Waals surface area (Å²) in [5, 5.41) is 8.63. The molecule has 0 spiro atoms. The number of carboxylic acids is 1. The molecule has 0 bridgehead atoms. The van der Waals surface area contributed by atoms with E-state index in [4.69, 9.17) is 5.11 Å². The summed E-state index contributed by atoms with van der Waals surface area (Å²) in [5.74, 6) is -0.159. The molecule has 21 heavy (non-hydrogen) atoms. The molecule has 1 saturated heterocycles. The average Bonchev–Trinajstić information content (AvgIpc) is 2.43. The lowest BCUT2D eigenvalue weighted by molar-refractivity contribution is -0.131. The van der Waals surface area contributed by atoms with Gasteiger partial charge in [0.1, 0.15) is 0 Å². The van der Waals surface area contributed by atoms with Gasteiger partial charge < -0.3 is 10.0 Å². The lowest BCUT2D eigenvalue weighted by Crippen LogP contribution is -2.46. The number of hydrogen-bond donors (Lipinski definition) is 1. The Morgan fingerprint density at radius 2 is 2.19 bits per heavy atom. The van der Waals surface area contributed by atoms with Gasteiger partial charge >= 0.3 is 5.97 Å². The van der Waals surface area contributed by atoms with Crippen molar-refractivity contribution in [1.82, 2.24) is 9.88 Å². The van der Waals surface area contributed by atoms with Gasteiger partial charge in [0.25, 0.3) is 5.91 Å². The quantitative estimate of drug-likeness (QED) is 0.866. The van der Waals surface area contributed by atoms with E-state index < -0.39 is 5.97 Å². The first kappa shape index (κ1) is 15.6. The van der Waals surface area contributed by atoms with Crippen molar-refractivity contribution in [1.29, 1.82) is 0 Å². The molecule has 0 atom stereocenters. The summed E-state index contributed by atoms with van der Waals surface area (Å²) in [7, 11) is 0. The molecule has 0 aromatic carbocycles. The average molecular weight is 306 g/mol. The van der Waals surface area contributed by atoms with E-state index in [-0.39, 0.29) is 10.7 Å². The molecule has 1 aromatic rings. The van der Waals surface area contributed by atoms with E-state index >= 15 is 0 Å². The third-order valence-corrected chi connectivity index (χ3v) is 4.43. The van der Waals surface area contributed by atoms with Crippen LogP contribution in [0.4, 0.5) is 0 Å². The highest BCUT2D eigenvalue weighted by Crippen LogP contribution is 2.30. The molecule has 2 rings (SSSR count). The number of pyridine rings is 1. The Bertz CT molecular complexity index is 584. The normalized spacial score (nSPS) is 17.9. The van der Waals surface area contributed by atoms with Crippen molar-refractivity contribution in [3.05, 3.63) is 35.7 Å². The first-order chi connectivity index (χ1) is 9.87. The van der Waals surface area contributed by atoms with Gasteiger partial charge in [-0.25, -0.2) is 4.79 Å². The number of amides is 1. The predicted molar refractivity (Wildman–Crippen MR) is 83.3 cm³/mol. The zero-order valence-electron chi connectivity index (χ0n) is 12.1. The number of carboxylic acid groups (broad SMARTS) is 1. The van der Waals surface area contributed by atoms with Gasteiger partial charge in [0.15, 0.2) is 0 Å². The zero-order chi connectivity index (χ0) is 15.5. The maximum atomic E-state index is 12.5. The minimum absolute atomic E-state index is 0.0542. The molecule has 6 heteroatoms. The number of hydrogen-bond acceptors (Lipinski definition) is 4. The molecule has 1 aromatic heterocycles. The fourth-order valence-electron chi connectivity index (χ4n) is 2.21. The third kappa shape index (κ3) is 4.32.